The normalized spacial score (nSPS) is 15.9. The topological polar surface area (TPSA) is 41.6 Å². The van der Waals surface area contributed by atoms with Crippen molar-refractivity contribution in [3.05, 3.63) is 34.3 Å². The van der Waals surface area contributed by atoms with Gasteiger partial charge < -0.3 is 10.1 Å². The fourth-order valence-electron chi connectivity index (χ4n) is 2.43. The fourth-order valence-corrected chi connectivity index (χ4v) is 2.64. The third kappa shape index (κ3) is 4.99. The Morgan fingerprint density at radius 1 is 1.38 bits per heavy atom. The Hall–Kier alpha value is -1.10. The molecule has 0 bridgehead atoms. The smallest absolute Gasteiger partial charge is 0.251 e. The summed E-state index contributed by atoms with van der Waals surface area (Å²) in [5.41, 5.74) is 1.73. The number of amides is 1. The Kier molecular flexibility index (Phi) is 6.49. The predicted octanol–water partition coefficient (Wildman–Crippen LogP) is 2.35. The first-order chi connectivity index (χ1) is 10.2. The van der Waals surface area contributed by atoms with Crippen LogP contribution in [-0.2, 0) is 11.2 Å². The molecule has 1 aliphatic rings. The first-order valence-corrected chi connectivity index (χ1v) is 7.95. The van der Waals surface area contributed by atoms with E-state index in [1.807, 2.05) is 12.1 Å². The van der Waals surface area contributed by atoms with Gasteiger partial charge in [0, 0.05) is 36.8 Å². The molecule has 1 aromatic carbocycles. The van der Waals surface area contributed by atoms with Crippen LogP contribution in [0.1, 0.15) is 29.3 Å². The monoisotopic (exact) mass is 310 g/mol. The first kappa shape index (κ1) is 16.3. The number of benzene rings is 1. The molecule has 1 heterocycles. The van der Waals surface area contributed by atoms with Crippen LogP contribution < -0.4 is 5.32 Å². The molecule has 1 N–H and O–H groups in total. The molecule has 1 aromatic rings. The molecule has 1 aliphatic heterocycles. The van der Waals surface area contributed by atoms with E-state index in [1.54, 1.807) is 6.07 Å². The van der Waals surface area contributed by atoms with Gasteiger partial charge in [-0.1, -0.05) is 24.9 Å². The molecule has 2 rings (SSSR count). The van der Waals surface area contributed by atoms with Crippen LogP contribution >= 0.6 is 11.6 Å². The van der Waals surface area contributed by atoms with Crippen LogP contribution in [0.15, 0.2) is 18.2 Å². The summed E-state index contributed by atoms with van der Waals surface area (Å²) in [6.07, 6.45) is 1.91. The van der Waals surface area contributed by atoms with Crippen LogP contribution in [0, 0.1) is 0 Å². The molecule has 5 heteroatoms. The van der Waals surface area contributed by atoms with E-state index in [2.05, 4.69) is 17.1 Å². The molecule has 0 unspecified atom stereocenters. The summed E-state index contributed by atoms with van der Waals surface area (Å²) in [6, 6.07) is 5.49. The van der Waals surface area contributed by atoms with Gasteiger partial charge in [-0.05, 0) is 30.2 Å². The van der Waals surface area contributed by atoms with Crippen molar-refractivity contribution in [2.45, 2.75) is 19.8 Å². The molecule has 0 saturated carbocycles. The maximum atomic E-state index is 12.2. The second kappa shape index (κ2) is 8.37. The molecule has 0 aromatic heterocycles. The van der Waals surface area contributed by atoms with E-state index in [4.69, 9.17) is 16.3 Å². The van der Waals surface area contributed by atoms with Gasteiger partial charge in [0.1, 0.15) is 0 Å². The van der Waals surface area contributed by atoms with Crippen molar-refractivity contribution in [1.82, 2.24) is 10.2 Å². The molecular weight excluding hydrogens is 288 g/mol. The first-order valence-electron chi connectivity index (χ1n) is 7.57. The molecule has 1 saturated heterocycles. The van der Waals surface area contributed by atoms with Gasteiger partial charge in [0.05, 0.1) is 13.2 Å². The number of hydrogen-bond donors (Lipinski definition) is 1. The minimum Gasteiger partial charge on any atom is -0.379 e. The molecule has 21 heavy (non-hydrogen) atoms. The minimum absolute atomic E-state index is 0.0303. The average molecular weight is 311 g/mol. The van der Waals surface area contributed by atoms with E-state index in [0.29, 0.717) is 12.1 Å². The second-order valence-electron chi connectivity index (χ2n) is 5.27. The third-order valence-corrected chi connectivity index (χ3v) is 4.01. The summed E-state index contributed by atoms with van der Waals surface area (Å²) in [4.78, 5) is 14.5. The SMILES string of the molecule is CCCc1cc(C(=O)NCCN2CCOCC2)ccc1Cl. The number of ether oxygens (including phenoxy) is 1. The van der Waals surface area contributed by atoms with Crippen LogP contribution in [0.3, 0.4) is 0 Å². The van der Waals surface area contributed by atoms with Crippen molar-refractivity contribution in [3.63, 3.8) is 0 Å². The van der Waals surface area contributed by atoms with Crippen LogP contribution in [-0.4, -0.2) is 50.2 Å². The summed E-state index contributed by atoms with van der Waals surface area (Å²) < 4.78 is 5.30. The largest absolute Gasteiger partial charge is 0.379 e. The van der Waals surface area contributed by atoms with Gasteiger partial charge in [-0.15, -0.1) is 0 Å². The van der Waals surface area contributed by atoms with Gasteiger partial charge in [-0.2, -0.15) is 0 Å². The summed E-state index contributed by atoms with van der Waals surface area (Å²) in [6.45, 7) is 7.08. The molecule has 0 spiro atoms. The van der Waals surface area contributed by atoms with Crippen molar-refractivity contribution in [3.8, 4) is 0 Å². The van der Waals surface area contributed by atoms with Gasteiger partial charge in [-0.25, -0.2) is 0 Å². The van der Waals surface area contributed by atoms with Crippen LogP contribution in [0.25, 0.3) is 0 Å². The van der Waals surface area contributed by atoms with Gasteiger partial charge in [0.15, 0.2) is 0 Å². The average Bonchev–Trinajstić information content (AvgIpc) is 2.50. The minimum atomic E-state index is -0.0303. The molecule has 116 valence electrons. The zero-order valence-corrected chi connectivity index (χ0v) is 13.3. The summed E-state index contributed by atoms with van der Waals surface area (Å²) in [5, 5.41) is 3.71. The molecular formula is C16H23ClN2O2. The van der Waals surface area contributed by atoms with Gasteiger partial charge in [-0.3, -0.25) is 9.69 Å². The number of nitrogens with zero attached hydrogens (tertiary/aromatic N) is 1. The number of hydrogen-bond acceptors (Lipinski definition) is 3. The number of nitrogens with one attached hydrogen (secondary N) is 1. The van der Waals surface area contributed by atoms with E-state index in [-0.39, 0.29) is 5.91 Å². The fraction of sp³-hybridized carbons (Fsp3) is 0.562. The van der Waals surface area contributed by atoms with E-state index in [9.17, 15) is 4.79 Å². The van der Waals surface area contributed by atoms with Gasteiger partial charge >= 0.3 is 0 Å². The summed E-state index contributed by atoms with van der Waals surface area (Å²) in [7, 11) is 0. The van der Waals surface area contributed by atoms with Crippen LogP contribution in [0.2, 0.25) is 5.02 Å². The number of rotatable bonds is 6. The van der Waals surface area contributed by atoms with Crippen molar-refractivity contribution >= 4 is 17.5 Å². The van der Waals surface area contributed by atoms with E-state index in [0.717, 1.165) is 56.3 Å². The lowest BCUT2D eigenvalue weighted by Gasteiger charge is -2.26. The zero-order chi connectivity index (χ0) is 15.1. The highest BCUT2D eigenvalue weighted by atomic mass is 35.5. The van der Waals surface area contributed by atoms with Crippen molar-refractivity contribution in [2.75, 3.05) is 39.4 Å². The maximum Gasteiger partial charge on any atom is 0.251 e. The van der Waals surface area contributed by atoms with Gasteiger partial charge in [0.25, 0.3) is 5.91 Å². The third-order valence-electron chi connectivity index (χ3n) is 3.64. The number of halogens is 1. The lowest BCUT2D eigenvalue weighted by molar-refractivity contribution is 0.0383. The molecule has 1 fully saturated rings. The lowest BCUT2D eigenvalue weighted by atomic mass is 10.1. The predicted molar refractivity (Wildman–Crippen MR) is 85.0 cm³/mol. The Bertz CT molecular complexity index is 473. The van der Waals surface area contributed by atoms with E-state index in [1.165, 1.54) is 0 Å². The maximum absolute atomic E-state index is 12.2. The van der Waals surface area contributed by atoms with Crippen LogP contribution in [0.5, 0.6) is 0 Å². The highest BCUT2D eigenvalue weighted by molar-refractivity contribution is 6.31. The Morgan fingerprint density at radius 3 is 2.86 bits per heavy atom. The quantitative estimate of drug-likeness (QED) is 0.877. The molecule has 0 radical (unpaired) electrons. The lowest BCUT2D eigenvalue weighted by Crippen LogP contribution is -2.41. The molecule has 0 atom stereocenters. The highest BCUT2D eigenvalue weighted by Gasteiger charge is 2.11. The number of morpholine rings is 1. The van der Waals surface area contributed by atoms with E-state index >= 15 is 0 Å². The van der Waals surface area contributed by atoms with E-state index < -0.39 is 0 Å². The Balaban J connectivity index is 1.83. The molecule has 0 aliphatic carbocycles. The Labute approximate surface area is 131 Å². The molecule has 1 amide bonds. The van der Waals surface area contributed by atoms with Crippen molar-refractivity contribution in [1.29, 1.82) is 0 Å². The number of aryl methyl sites for hydroxylation is 1. The Morgan fingerprint density at radius 2 is 2.14 bits per heavy atom. The standard InChI is InChI=1S/C16H23ClN2O2/c1-2-3-13-12-14(4-5-15(13)17)16(20)18-6-7-19-8-10-21-11-9-19/h4-5,12H,2-3,6-11H2,1H3,(H,18,20). The second-order valence-corrected chi connectivity index (χ2v) is 5.67. The van der Waals surface area contributed by atoms with Crippen LogP contribution in [0.4, 0.5) is 0 Å². The molecule has 4 nitrogen and oxygen atoms in total. The van der Waals surface area contributed by atoms with Crippen molar-refractivity contribution < 1.29 is 9.53 Å². The number of carbonyl (C=O) groups is 1. The highest BCUT2D eigenvalue weighted by Crippen LogP contribution is 2.19. The van der Waals surface area contributed by atoms with Crippen molar-refractivity contribution in [2.24, 2.45) is 0 Å². The number of carbonyl (C=O) groups excluding carboxylic acids is 1. The zero-order valence-electron chi connectivity index (χ0n) is 12.5. The summed E-state index contributed by atoms with van der Waals surface area (Å²) in [5.74, 6) is -0.0303. The van der Waals surface area contributed by atoms with Gasteiger partial charge in [0.2, 0.25) is 0 Å². The summed E-state index contributed by atoms with van der Waals surface area (Å²) >= 11 is 6.14.